The van der Waals surface area contributed by atoms with Gasteiger partial charge in [-0.15, -0.1) is 11.3 Å². The third-order valence-electron chi connectivity index (χ3n) is 5.10. The van der Waals surface area contributed by atoms with Crippen LogP contribution in [0.15, 0.2) is 58.1 Å². The molecule has 34 heavy (non-hydrogen) atoms. The van der Waals surface area contributed by atoms with E-state index in [1.165, 1.54) is 48.8 Å². The van der Waals surface area contributed by atoms with E-state index in [4.69, 9.17) is 19.1 Å². The summed E-state index contributed by atoms with van der Waals surface area (Å²) in [5.74, 6) is -0.0666. The van der Waals surface area contributed by atoms with Crippen molar-refractivity contribution in [2.24, 2.45) is 0 Å². The zero-order chi connectivity index (χ0) is 24.4. The number of anilines is 1. The minimum Gasteiger partial charge on any atom is -0.733 e. The Bertz CT molecular complexity index is 1390. The average molecular weight is 482 g/mol. The number of rotatable bonds is 7. The van der Waals surface area contributed by atoms with E-state index in [2.05, 4.69) is 4.98 Å². The number of hydrogen-bond donors (Lipinski definition) is 1. The summed E-state index contributed by atoms with van der Waals surface area (Å²) in [7, 11) is 0. The van der Waals surface area contributed by atoms with Crippen LogP contribution >= 0.6 is 11.3 Å². The van der Waals surface area contributed by atoms with Gasteiger partial charge in [0.15, 0.2) is 6.10 Å². The second-order valence-corrected chi connectivity index (χ2v) is 8.75. The smallest absolute Gasteiger partial charge is 0.352 e. The van der Waals surface area contributed by atoms with Crippen LogP contribution in [0.5, 0.6) is 11.5 Å². The van der Waals surface area contributed by atoms with E-state index in [1.807, 2.05) is 13.8 Å². The van der Waals surface area contributed by atoms with Crippen LogP contribution in [-0.4, -0.2) is 22.3 Å². The molecular weight excluding hydrogens is 460 g/mol. The first-order valence-electron chi connectivity index (χ1n) is 10.4. The molecule has 2 aromatic heterocycles. The highest BCUT2D eigenvalue weighted by molar-refractivity contribution is 7.14. The van der Waals surface area contributed by atoms with Crippen molar-refractivity contribution < 1.29 is 23.9 Å². The third kappa shape index (κ3) is 4.79. The molecule has 0 aliphatic carbocycles. The van der Waals surface area contributed by atoms with E-state index in [-0.39, 0.29) is 22.1 Å². The Morgan fingerprint density at radius 1 is 1.29 bits per heavy atom. The lowest BCUT2D eigenvalue weighted by Crippen LogP contribution is -2.28. The van der Waals surface area contributed by atoms with E-state index in [1.54, 1.807) is 18.3 Å². The van der Waals surface area contributed by atoms with Crippen molar-refractivity contribution in [1.29, 1.82) is 0 Å². The standard InChI is InChI=1S/C24H21N2O7S/c1-4-15-9-18-21(31-12-19(22(18)27)23-25-11-13(2)34-23)10-20(15)32-14(3)24(28)33-17-7-5-16(6-8-17)26(29)30/h5-12,14,29H,4H2,1-3H3/q-1. The van der Waals surface area contributed by atoms with Crippen molar-refractivity contribution in [2.75, 3.05) is 5.23 Å². The zero-order valence-electron chi connectivity index (χ0n) is 18.6. The van der Waals surface area contributed by atoms with Gasteiger partial charge in [0.05, 0.1) is 16.6 Å². The fourth-order valence-electron chi connectivity index (χ4n) is 3.29. The molecule has 4 rings (SSSR count). The quantitative estimate of drug-likeness (QED) is 0.224. The van der Waals surface area contributed by atoms with Gasteiger partial charge in [-0.1, -0.05) is 6.92 Å². The molecule has 0 fully saturated rings. The first-order valence-corrected chi connectivity index (χ1v) is 11.2. The van der Waals surface area contributed by atoms with Gasteiger partial charge in [-0.2, -0.15) is 0 Å². The van der Waals surface area contributed by atoms with Gasteiger partial charge in [-0.25, -0.2) is 9.78 Å². The molecule has 0 bridgehead atoms. The molecule has 9 nitrogen and oxygen atoms in total. The highest BCUT2D eigenvalue weighted by atomic mass is 32.1. The van der Waals surface area contributed by atoms with Crippen LogP contribution in [0, 0.1) is 12.1 Å². The van der Waals surface area contributed by atoms with Gasteiger partial charge in [0, 0.05) is 17.1 Å². The predicted octanol–water partition coefficient (Wildman–Crippen LogP) is 4.85. The van der Waals surface area contributed by atoms with Gasteiger partial charge in [-0.3, -0.25) is 10.0 Å². The van der Waals surface area contributed by atoms with Gasteiger partial charge >= 0.3 is 5.97 Å². The Morgan fingerprint density at radius 2 is 2.03 bits per heavy atom. The van der Waals surface area contributed by atoms with Crippen molar-refractivity contribution in [3.8, 4) is 22.1 Å². The topological polar surface area (TPSA) is 125 Å². The van der Waals surface area contributed by atoms with Crippen molar-refractivity contribution >= 4 is 34.0 Å². The molecule has 176 valence electrons. The fraction of sp³-hybridized carbons (Fsp3) is 0.208. The normalized spacial score (nSPS) is 11.9. The van der Waals surface area contributed by atoms with E-state index < -0.39 is 12.1 Å². The molecule has 0 amide bonds. The number of aromatic nitrogens is 1. The maximum Gasteiger partial charge on any atom is 0.352 e. The minimum absolute atomic E-state index is 0.00231. The Morgan fingerprint density at radius 3 is 2.65 bits per heavy atom. The number of benzene rings is 2. The Balaban J connectivity index is 1.57. The minimum atomic E-state index is -0.972. The molecular formula is C24H21N2O7S-. The molecule has 10 heteroatoms. The summed E-state index contributed by atoms with van der Waals surface area (Å²) in [6.07, 6.45) is 2.68. The van der Waals surface area contributed by atoms with Crippen molar-refractivity contribution in [3.05, 3.63) is 74.7 Å². The average Bonchev–Trinajstić information content (AvgIpc) is 3.25. The lowest BCUT2D eigenvalue weighted by molar-refractivity contribution is -0.141. The van der Waals surface area contributed by atoms with Crippen molar-refractivity contribution in [1.82, 2.24) is 4.98 Å². The predicted molar refractivity (Wildman–Crippen MR) is 128 cm³/mol. The molecule has 1 unspecified atom stereocenters. The molecule has 0 saturated carbocycles. The maximum atomic E-state index is 13.1. The number of aryl methyl sites for hydroxylation is 2. The highest BCUT2D eigenvalue weighted by Gasteiger charge is 2.21. The van der Waals surface area contributed by atoms with E-state index in [9.17, 15) is 14.8 Å². The van der Waals surface area contributed by atoms with E-state index >= 15 is 0 Å². The summed E-state index contributed by atoms with van der Waals surface area (Å²) in [4.78, 5) is 30.8. The second-order valence-electron chi connectivity index (χ2n) is 7.51. The van der Waals surface area contributed by atoms with Gasteiger partial charge < -0.3 is 24.3 Å². The molecule has 0 aliphatic rings. The molecule has 1 N–H and O–H groups in total. The highest BCUT2D eigenvalue weighted by Crippen LogP contribution is 2.29. The van der Waals surface area contributed by atoms with Crippen LogP contribution < -0.4 is 20.1 Å². The number of ether oxygens (including phenoxy) is 2. The lowest BCUT2D eigenvalue weighted by atomic mass is 10.1. The van der Waals surface area contributed by atoms with Crippen LogP contribution in [-0.2, 0) is 11.2 Å². The third-order valence-corrected chi connectivity index (χ3v) is 6.05. The molecule has 1 atom stereocenters. The molecule has 0 saturated heterocycles. The number of thiazole rings is 1. The molecule has 2 heterocycles. The molecule has 0 aliphatic heterocycles. The lowest BCUT2D eigenvalue weighted by Gasteiger charge is -2.21. The van der Waals surface area contributed by atoms with Gasteiger partial charge in [0.1, 0.15) is 28.4 Å². The summed E-state index contributed by atoms with van der Waals surface area (Å²) in [5.41, 5.74) is 1.27. The van der Waals surface area contributed by atoms with Gasteiger partial charge in [0.25, 0.3) is 0 Å². The summed E-state index contributed by atoms with van der Waals surface area (Å²) >= 11 is 1.41. The van der Waals surface area contributed by atoms with E-state index in [0.717, 1.165) is 10.4 Å². The van der Waals surface area contributed by atoms with Crippen LogP contribution in [0.25, 0.3) is 21.5 Å². The Hall–Kier alpha value is -3.73. The Labute approximate surface area is 198 Å². The summed E-state index contributed by atoms with van der Waals surface area (Å²) in [6.45, 7) is 5.37. The molecule has 2 aromatic carbocycles. The van der Waals surface area contributed by atoms with Crippen molar-refractivity contribution in [2.45, 2.75) is 33.3 Å². The molecule has 0 radical (unpaired) electrons. The number of esters is 1. The first-order chi connectivity index (χ1) is 16.3. The van der Waals surface area contributed by atoms with Crippen LogP contribution in [0.4, 0.5) is 5.69 Å². The number of carbonyl (C=O) groups is 1. The largest absolute Gasteiger partial charge is 0.733 e. The van der Waals surface area contributed by atoms with Crippen LogP contribution in [0.3, 0.4) is 0 Å². The first kappa shape index (κ1) is 23.4. The zero-order valence-corrected chi connectivity index (χ0v) is 19.4. The number of carbonyl (C=O) groups excluding carboxylic acids is 1. The van der Waals surface area contributed by atoms with Crippen LogP contribution in [0.2, 0.25) is 0 Å². The van der Waals surface area contributed by atoms with Gasteiger partial charge in [-0.05, 0) is 56.2 Å². The molecule has 4 aromatic rings. The monoisotopic (exact) mass is 481 g/mol. The van der Waals surface area contributed by atoms with Crippen LogP contribution in [0.1, 0.15) is 24.3 Å². The van der Waals surface area contributed by atoms with E-state index in [0.29, 0.717) is 33.7 Å². The SMILES string of the molecule is CCc1cc2c(=O)c(-c3ncc(C)s3)coc2cc1OC(C)C(=O)Oc1ccc(N([O-])O)cc1. The summed E-state index contributed by atoms with van der Waals surface area (Å²) in [6, 6.07) is 8.68. The number of nitrogens with zero attached hydrogens (tertiary/aromatic N) is 2. The Kier molecular flexibility index (Phi) is 6.64. The molecule has 0 spiro atoms. The summed E-state index contributed by atoms with van der Waals surface area (Å²) < 4.78 is 16.9. The van der Waals surface area contributed by atoms with Gasteiger partial charge in [0.2, 0.25) is 5.43 Å². The number of fused-ring (bicyclic) bond motifs is 1. The fourth-order valence-corrected chi connectivity index (χ4v) is 4.06. The van der Waals surface area contributed by atoms with Crippen molar-refractivity contribution in [3.63, 3.8) is 0 Å². The maximum absolute atomic E-state index is 13.1. The summed E-state index contributed by atoms with van der Waals surface area (Å²) in [5, 5.41) is 20.5. The second kappa shape index (κ2) is 9.64. The number of hydrogen-bond acceptors (Lipinski definition) is 10.